The topological polar surface area (TPSA) is 35.8 Å². The lowest BCUT2D eigenvalue weighted by Gasteiger charge is -2.04. The second-order valence-corrected chi connectivity index (χ2v) is 3.38. The molecule has 0 spiro atoms. The van der Waals surface area contributed by atoms with Gasteiger partial charge in [-0.1, -0.05) is 6.07 Å². The molecule has 66 valence electrons. The van der Waals surface area contributed by atoms with Crippen LogP contribution in [0.3, 0.4) is 0 Å². The van der Waals surface area contributed by atoms with Gasteiger partial charge in [-0.25, -0.2) is 0 Å². The predicted molar refractivity (Wildman–Crippen MR) is 52.7 cm³/mol. The first-order chi connectivity index (χ1) is 6.35. The molecule has 1 aliphatic rings. The molecular formula is C11H12N2. The number of benzene rings is 1. The highest BCUT2D eigenvalue weighted by atomic mass is 14.8. The molecule has 0 saturated heterocycles. The van der Waals surface area contributed by atoms with Crippen molar-refractivity contribution in [1.82, 2.24) is 0 Å². The Balaban J connectivity index is 2.41. The summed E-state index contributed by atoms with van der Waals surface area (Å²) in [6.07, 6.45) is 2.03. The molecule has 2 heteroatoms. The number of anilines is 1. The summed E-state index contributed by atoms with van der Waals surface area (Å²) in [4.78, 5) is 0. The summed E-state index contributed by atoms with van der Waals surface area (Å²) in [5, 5.41) is 12.0. The number of aryl methyl sites for hydroxylation is 1. The average Bonchev–Trinajstić information content (AvgIpc) is 2.59. The summed E-state index contributed by atoms with van der Waals surface area (Å²) in [5.74, 6) is 0.126. The summed E-state index contributed by atoms with van der Waals surface area (Å²) >= 11 is 0. The standard InChI is InChI=1S/C11H12N2/c1-13-10-4-5-11-8(6-10)2-3-9(11)7-12/h4-6,9,13H,2-3H2,1H3. The number of rotatable bonds is 1. The Morgan fingerprint density at radius 1 is 1.54 bits per heavy atom. The zero-order chi connectivity index (χ0) is 9.26. The van der Waals surface area contributed by atoms with E-state index in [9.17, 15) is 0 Å². The van der Waals surface area contributed by atoms with E-state index in [4.69, 9.17) is 5.26 Å². The van der Waals surface area contributed by atoms with Crippen LogP contribution in [0.15, 0.2) is 18.2 Å². The van der Waals surface area contributed by atoms with E-state index in [1.54, 1.807) is 0 Å². The Kier molecular flexibility index (Phi) is 1.94. The maximum atomic E-state index is 8.87. The molecule has 1 unspecified atom stereocenters. The normalized spacial score (nSPS) is 19.2. The molecule has 0 heterocycles. The molecule has 1 N–H and O–H groups in total. The molecule has 2 rings (SSSR count). The van der Waals surface area contributed by atoms with Gasteiger partial charge in [-0.05, 0) is 36.1 Å². The summed E-state index contributed by atoms with van der Waals surface area (Å²) in [6.45, 7) is 0. The third-order valence-corrected chi connectivity index (χ3v) is 2.67. The number of nitrogens with one attached hydrogen (secondary N) is 1. The van der Waals surface area contributed by atoms with Crippen LogP contribution in [0.5, 0.6) is 0 Å². The van der Waals surface area contributed by atoms with Crippen LogP contribution in [-0.4, -0.2) is 7.05 Å². The van der Waals surface area contributed by atoms with Crippen molar-refractivity contribution in [3.8, 4) is 6.07 Å². The smallest absolute Gasteiger partial charge is 0.0718 e. The fourth-order valence-electron chi connectivity index (χ4n) is 1.91. The fourth-order valence-corrected chi connectivity index (χ4v) is 1.91. The van der Waals surface area contributed by atoms with E-state index < -0.39 is 0 Å². The van der Waals surface area contributed by atoms with Gasteiger partial charge < -0.3 is 5.32 Å². The van der Waals surface area contributed by atoms with Crippen LogP contribution in [0.1, 0.15) is 23.5 Å². The van der Waals surface area contributed by atoms with Gasteiger partial charge in [0.15, 0.2) is 0 Å². The number of nitrogens with zero attached hydrogens (tertiary/aromatic N) is 1. The second kappa shape index (κ2) is 3.10. The van der Waals surface area contributed by atoms with Crippen molar-refractivity contribution in [2.24, 2.45) is 0 Å². The van der Waals surface area contributed by atoms with Crippen molar-refractivity contribution < 1.29 is 0 Å². The molecule has 0 saturated carbocycles. The summed E-state index contributed by atoms with van der Waals surface area (Å²) in [5.41, 5.74) is 3.69. The minimum atomic E-state index is 0.126. The quantitative estimate of drug-likeness (QED) is 0.705. The SMILES string of the molecule is CNc1ccc2c(c1)CCC2C#N. The van der Waals surface area contributed by atoms with Crippen LogP contribution >= 0.6 is 0 Å². The van der Waals surface area contributed by atoms with E-state index in [0.29, 0.717) is 0 Å². The number of hydrogen-bond donors (Lipinski definition) is 1. The van der Waals surface area contributed by atoms with E-state index in [0.717, 1.165) is 18.5 Å². The summed E-state index contributed by atoms with van der Waals surface area (Å²) < 4.78 is 0. The number of nitriles is 1. The maximum Gasteiger partial charge on any atom is 0.0718 e. The maximum absolute atomic E-state index is 8.87. The molecular weight excluding hydrogens is 160 g/mol. The highest BCUT2D eigenvalue weighted by molar-refractivity contribution is 5.51. The molecule has 1 aliphatic carbocycles. The van der Waals surface area contributed by atoms with Gasteiger partial charge in [0.1, 0.15) is 0 Å². The van der Waals surface area contributed by atoms with Crippen molar-refractivity contribution in [3.05, 3.63) is 29.3 Å². The zero-order valence-corrected chi connectivity index (χ0v) is 7.67. The first kappa shape index (κ1) is 8.12. The molecule has 0 radical (unpaired) electrons. The third kappa shape index (κ3) is 1.27. The van der Waals surface area contributed by atoms with Gasteiger partial charge >= 0.3 is 0 Å². The van der Waals surface area contributed by atoms with Crippen molar-refractivity contribution in [2.75, 3.05) is 12.4 Å². The van der Waals surface area contributed by atoms with Crippen LogP contribution in [-0.2, 0) is 6.42 Å². The molecule has 0 bridgehead atoms. The first-order valence-electron chi connectivity index (χ1n) is 4.55. The lowest BCUT2D eigenvalue weighted by atomic mass is 10.0. The van der Waals surface area contributed by atoms with Gasteiger partial charge in [0.2, 0.25) is 0 Å². The molecule has 1 aromatic rings. The second-order valence-electron chi connectivity index (χ2n) is 3.38. The third-order valence-electron chi connectivity index (χ3n) is 2.67. The van der Waals surface area contributed by atoms with E-state index in [-0.39, 0.29) is 5.92 Å². The molecule has 2 nitrogen and oxygen atoms in total. The Morgan fingerprint density at radius 2 is 2.38 bits per heavy atom. The van der Waals surface area contributed by atoms with E-state index in [2.05, 4.69) is 23.5 Å². The van der Waals surface area contributed by atoms with Crippen molar-refractivity contribution in [3.63, 3.8) is 0 Å². The van der Waals surface area contributed by atoms with Gasteiger partial charge in [-0.3, -0.25) is 0 Å². The Hall–Kier alpha value is -1.49. The summed E-state index contributed by atoms with van der Waals surface area (Å²) in [6, 6.07) is 8.59. The average molecular weight is 172 g/mol. The lowest BCUT2D eigenvalue weighted by Crippen LogP contribution is -1.92. The molecule has 0 aromatic heterocycles. The monoisotopic (exact) mass is 172 g/mol. The highest BCUT2D eigenvalue weighted by Crippen LogP contribution is 2.33. The summed E-state index contributed by atoms with van der Waals surface area (Å²) in [7, 11) is 1.92. The van der Waals surface area contributed by atoms with E-state index >= 15 is 0 Å². The Morgan fingerprint density at radius 3 is 3.08 bits per heavy atom. The first-order valence-corrected chi connectivity index (χ1v) is 4.55. The van der Waals surface area contributed by atoms with Gasteiger partial charge in [-0.2, -0.15) is 5.26 Å². The van der Waals surface area contributed by atoms with Crippen molar-refractivity contribution >= 4 is 5.69 Å². The molecule has 1 aromatic carbocycles. The number of fused-ring (bicyclic) bond motifs is 1. The largest absolute Gasteiger partial charge is 0.388 e. The van der Waals surface area contributed by atoms with Crippen LogP contribution < -0.4 is 5.32 Å². The molecule has 0 amide bonds. The fraction of sp³-hybridized carbons (Fsp3) is 0.364. The molecule has 13 heavy (non-hydrogen) atoms. The molecule has 0 aliphatic heterocycles. The van der Waals surface area contributed by atoms with Crippen LogP contribution in [0.4, 0.5) is 5.69 Å². The highest BCUT2D eigenvalue weighted by Gasteiger charge is 2.21. The van der Waals surface area contributed by atoms with Crippen LogP contribution in [0.25, 0.3) is 0 Å². The van der Waals surface area contributed by atoms with Gasteiger partial charge in [0.05, 0.1) is 12.0 Å². The van der Waals surface area contributed by atoms with Crippen molar-refractivity contribution in [2.45, 2.75) is 18.8 Å². The lowest BCUT2D eigenvalue weighted by molar-refractivity contribution is 0.826. The minimum absolute atomic E-state index is 0.126. The zero-order valence-electron chi connectivity index (χ0n) is 7.67. The minimum Gasteiger partial charge on any atom is -0.388 e. The Labute approximate surface area is 78.2 Å². The van der Waals surface area contributed by atoms with Crippen LogP contribution in [0.2, 0.25) is 0 Å². The molecule has 1 atom stereocenters. The molecule has 0 fully saturated rings. The van der Waals surface area contributed by atoms with Gasteiger partial charge in [0, 0.05) is 12.7 Å². The Bertz CT molecular complexity index is 363. The van der Waals surface area contributed by atoms with Crippen LogP contribution in [0, 0.1) is 11.3 Å². The predicted octanol–water partition coefficient (Wildman–Crippen LogP) is 2.28. The van der Waals surface area contributed by atoms with E-state index in [1.807, 2.05) is 13.1 Å². The number of hydrogen-bond acceptors (Lipinski definition) is 2. The van der Waals surface area contributed by atoms with Crippen molar-refractivity contribution in [1.29, 1.82) is 5.26 Å². The van der Waals surface area contributed by atoms with Gasteiger partial charge in [-0.15, -0.1) is 0 Å². The van der Waals surface area contributed by atoms with E-state index in [1.165, 1.54) is 11.1 Å². The van der Waals surface area contributed by atoms with Gasteiger partial charge in [0.25, 0.3) is 0 Å².